The van der Waals surface area contributed by atoms with Gasteiger partial charge in [-0.3, -0.25) is 57.7 Å². The average molecular weight is 1940 g/mol. The fourth-order valence-electron chi connectivity index (χ4n) is 26.4. The molecule has 10 aromatic rings. The van der Waals surface area contributed by atoms with Crippen molar-refractivity contribution < 1.29 is 75.7 Å². The van der Waals surface area contributed by atoms with Crippen LogP contribution in [0, 0.1) is 0 Å². The van der Waals surface area contributed by atoms with Crippen LogP contribution in [0.3, 0.4) is 0 Å². The van der Waals surface area contributed by atoms with E-state index in [0.717, 1.165) is 288 Å². The Balaban J connectivity index is 0.000000101. The Bertz CT molecular complexity index is 7650. The van der Waals surface area contributed by atoms with Crippen molar-refractivity contribution >= 4 is 97.3 Å². The maximum atomic E-state index is 13.5. The van der Waals surface area contributed by atoms with Crippen molar-refractivity contribution in [3.05, 3.63) is 410 Å². The number of pyridine rings is 1. The van der Waals surface area contributed by atoms with Gasteiger partial charge in [0.1, 0.15) is 22.8 Å². The number of aromatic nitrogens is 1. The number of benzene rings is 9. The van der Waals surface area contributed by atoms with Gasteiger partial charge in [0.05, 0.1) is 6.10 Å². The van der Waals surface area contributed by atoms with Gasteiger partial charge in [-0.1, -0.05) is 198 Å². The Labute approximate surface area is 847 Å². The number of ether oxygens (including phenoxy) is 3. The highest BCUT2D eigenvalue weighted by molar-refractivity contribution is 6.28. The number of allylic oxidation sites excluding steroid dienone is 20. The molecule has 0 radical (unpaired) electrons. The molecule has 27 rings (SSSR count). The van der Waals surface area contributed by atoms with Crippen LogP contribution in [0.25, 0.3) is 27.9 Å². The topological polar surface area (TPSA) is 232 Å². The number of carbonyl (C=O) groups excluding carboxylic acids is 11. The summed E-state index contributed by atoms with van der Waals surface area (Å²) in [5, 5.41) is 0. The summed E-state index contributed by atoms with van der Waals surface area (Å²) in [6.07, 6.45) is 25.4. The van der Waals surface area contributed by atoms with E-state index in [-0.39, 0.29) is 98.8 Å². The second kappa shape index (κ2) is 38.8. The highest BCUT2D eigenvalue weighted by atomic mass is 19.3. The van der Waals surface area contributed by atoms with Crippen molar-refractivity contribution in [1.82, 2.24) is 4.98 Å². The van der Waals surface area contributed by atoms with Crippen LogP contribution in [0.4, 0.5) is 14.5 Å². The van der Waals surface area contributed by atoms with Crippen LogP contribution in [0.15, 0.2) is 327 Å². The van der Waals surface area contributed by atoms with E-state index in [1.807, 2.05) is 214 Å². The number of hydrogen-bond acceptors (Lipinski definition) is 15. The van der Waals surface area contributed by atoms with E-state index < -0.39 is 12.5 Å². The summed E-state index contributed by atoms with van der Waals surface area (Å²) in [6, 6.07) is 73.2. The monoisotopic (exact) mass is 1940 g/mol. The highest BCUT2D eigenvalue weighted by Gasteiger charge is 2.51. The van der Waals surface area contributed by atoms with Crippen LogP contribution >= 0.6 is 0 Å². The molecule has 0 spiro atoms. The SMILES string of the molecule is CC(C)(C)Oc1ccc(C2C3=C(CCCC3=O)CC3=C2C(=O)c2ccccc23)cc1.O=C1CCCC2=C1C(c1ccc(N3CCCC3=O)cc1)C1=C(C2)c2ccccc2C1=O.O=C1CCCC2=C1C(c1ccc(OC(F)F)cc1)C1=C(C2)c2ccccc2C1=O.O=C1CCCC2=C1C(c1ccc(OC3CCCC3)cc1)C1=C(C2)c2ccccc2C1=O.O=C1CCCC2=C1C(c1ccncc1)C1=C(C2)c2ccccc2C1=O. The molecule has 5 unspecified atom stereocenters. The minimum Gasteiger partial charge on any atom is -0.490 e. The standard InChI is InChI=1S/C28H26O3.C27H23NO3.C27H26O3.C24H18F2O3.C22H17NO2/c29-24-11-5-6-18-16-23-21-9-3-4-10-22(21)28(30)27(23)26(25(18)24)17-12-14-20(15-13-17)31-19-7-1-2-8-19;29-22-8-3-5-17-15-21-19-6-1-2-7-20(19)27(31)26(21)25(24(17)22)16-10-12-18(13-11-16)28-14-4-9-23(28)30;1-27(2,3)30-18-13-11-16(12-14-18)24-23-17(7-6-10-22(23)28)15-21-19-8-4-5-9-20(19)26(29)25(21)24;25-24(26)29-15-10-8-13(9-11-15)21-20-14(4-3-7-19(20)27)12-18-16-5-1-2-6-17(16)23(28)22(18)21;24-18-7-3-4-14-12-17-15-5-1-2-6-16(15)22(25)21(17)20(19(14)18)13-8-10-23-11-9-13/h3-4,9-10,12-15,19,26H,1-2,5-8,11,16H2;1-2,6-7,10-13,25H,3-5,8-9,14-15H2;4-5,8-9,11-14,24H,6-7,10,15H2,1-3H3;1-2,5-6,8-11,21,24H,3-4,7,12H2;1-2,5-6,8-11,20H,3-4,7,12H2. The fraction of sp³-hybridized carbons (Fsp3) is 0.297. The van der Waals surface area contributed by atoms with Crippen molar-refractivity contribution in [3.8, 4) is 17.2 Å². The fourth-order valence-corrected chi connectivity index (χ4v) is 26.4. The maximum Gasteiger partial charge on any atom is 0.387 e. The summed E-state index contributed by atoms with van der Waals surface area (Å²) in [7, 11) is 0. The first-order valence-electron chi connectivity index (χ1n) is 52.0. The van der Waals surface area contributed by atoms with Crippen molar-refractivity contribution in [2.45, 2.75) is 236 Å². The minimum atomic E-state index is -2.90. The second-order valence-corrected chi connectivity index (χ2v) is 42.2. The Hall–Kier alpha value is -15.0. The van der Waals surface area contributed by atoms with Crippen LogP contribution in [0.2, 0.25) is 0 Å². The Morgan fingerprint density at radius 1 is 0.288 bits per heavy atom. The third kappa shape index (κ3) is 17.0. The van der Waals surface area contributed by atoms with Crippen LogP contribution in [0.5, 0.6) is 17.2 Å². The van der Waals surface area contributed by atoms with Gasteiger partial charge in [0.25, 0.3) is 0 Å². The van der Waals surface area contributed by atoms with Crippen LogP contribution in [0.1, 0.15) is 325 Å². The van der Waals surface area contributed by atoms with Crippen LogP contribution in [-0.4, -0.2) is 93.6 Å². The molecule has 18 heteroatoms. The summed E-state index contributed by atoms with van der Waals surface area (Å²) in [5.41, 5.74) is 33.7. The number of halogens is 2. The largest absolute Gasteiger partial charge is 0.490 e. The Morgan fingerprint density at radius 2 is 0.555 bits per heavy atom. The zero-order valence-corrected chi connectivity index (χ0v) is 82.1. The van der Waals surface area contributed by atoms with Gasteiger partial charge in [0.15, 0.2) is 57.8 Å². The third-order valence-electron chi connectivity index (χ3n) is 32.5. The number of amides is 1. The van der Waals surface area contributed by atoms with Crippen LogP contribution < -0.4 is 19.1 Å². The summed E-state index contributed by atoms with van der Waals surface area (Å²) >= 11 is 0. The second-order valence-electron chi connectivity index (χ2n) is 42.2. The Morgan fingerprint density at radius 3 is 0.829 bits per heavy atom. The van der Waals surface area contributed by atoms with E-state index in [1.165, 1.54) is 47.3 Å². The van der Waals surface area contributed by atoms with Gasteiger partial charge < -0.3 is 19.1 Å². The van der Waals surface area contributed by atoms with Crippen molar-refractivity contribution in [1.29, 1.82) is 0 Å². The molecule has 16 nitrogen and oxygen atoms in total. The van der Waals surface area contributed by atoms with E-state index in [2.05, 4.69) is 27.9 Å². The van der Waals surface area contributed by atoms with Gasteiger partial charge in [0.2, 0.25) is 5.91 Å². The normalized spacial score (nSPS) is 21.9. The molecule has 5 atom stereocenters. The summed E-state index contributed by atoms with van der Waals surface area (Å²) in [5.74, 6) is 1.49. The molecule has 17 aliphatic rings. The average Bonchev–Trinajstić information content (AvgIpc) is 1.60. The zero-order chi connectivity index (χ0) is 100. The number of Topliss-reactive ketones (excluding diaryl/α,β-unsaturated/α-hetero) is 10. The lowest BCUT2D eigenvalue weighted by Gasteiger charge is -2.32. The number of carbonyl (C=O) groups is 11. The van der Waals surface area contributed by atoms with Crippen molar-refractivity contribution in [2.75, 3.05) is 11.4 Å². The molecule has 2 heterocycles. The summed E-state index contributed by atoms with van der Waals surface area (Å²) in [6.45, 7) is 3.91. The lowest BCUT2D eigenvalue weighted by atomic mass is 9.69. The quantitative estimate of drug-likeness (QED) is 0.117. The van der Waals surface area contributed by atoms with Crippen LogP contribution in [-0.2, 0) is 28.8 Å². The van der Waals surface area contributed by atoms with Gasteiger partial charge in [-0.2, -0.15) is 8.78 Å². The van der Waals surface area contributed by atoms with E-state index in [4.69, 9.17) is 9.47 Å². The predicted octanol–water partition coefficient (Wildman–Crippen LogP) is 27.0. The first-order valence-corrected chi connectivity index (χ1v) is 52.0. The van der Waals surface area contributed by atoms with E-state index in [0.29, 0.717) is 68.6 Å². The first-order chi connectivity index (χ1) is 71.0. The van der Waals surface area contributed by atoms with Crippen molar-refractivity contribution in [3.63, 3.8) is 0 Å². The maximum absolute atomic E-state index is 13.5. The molecular formula is C128H110F2N2O14. The lowest BCUT2D eigenvalue weighted by molar-refractivity contribution is -0.117. The Kier molecular flexibility index (Phi) is 25.1. The molecule has 1 amide bonds. The minimum absolute atomic E-state index is 0.0431. The molecule has 730 valence electrons. The molecule has 16 aliphatic carbocycles. The molecule has 1 saturated carbocycles. The number of alkyl halides is 2. The van der Waals surface area contributed by atoms with E-state index >= 15 is 0 Å². The molecule has 1 aliphatic heterocycles. The van der Waals surface area contributed by atoms with E-state index in [9.17, 15) is 61.5 Å². The van der Waals surface area contributed by atoms with Gasteiger partial charge in [-0.05, 0) is 293 Å². The number of rotatable bonds is 11. The number of hydrogen-bond donors (Lipinski definition) is 0. The number of anilines is 1. The molecule has 9 aromatic carbocycles. The predicted molar refractivity (Wildman–Crippen MR) is 556 cm³/mol. The smallest absolute Gasteiger partial charge is 0.387 e. The first kappa shape index (κ1) is 94.5. The van der Waals surface area contributed by atoms with Gasteiger partial charge in [0, 0.05) is 176 Å². The third-order valence-corrected chi connectivity index (χ3v) is 32.5. The molecule has 1 aromatic heterocycles. The molecule has 1 saturated heterocycles. The highest BCUT2D eigenvalue weighted by Crippen LogP contribution is 2.60. The molecule has 146 heavy (non-hydrogen) atoms. The van der Waals surface area contributed by atoms with E-state index in [1.54, 1.807) is 24.5 Å². The number of nitrogens with zero attached hydrogens (tertiary/aromatic N) is 2. The number of ketones is 10. The van der Waals surface area contributed by atoms with Gasteiger partial charge >= 0.3 is 6.61 Å². The van der Waals surface area contributed by atoms with Crippen molar-refractivity contribution in [2.24, 2.45) is 0 Å². The van der Waals surface area contributed by atoms with Gasteiger partial charge in [-0.25, -0.2) is 0 Å². The zero-order valence-electron chi connectivity index (χ0n) is 82.1. The molecule has 2 fully saturated rings. The van der Waals surface area contributed by atoms with Gasteiger partial charge in [-0.15, -0.1) is 0 Å². The molecule has 0 N–H and O–H groups in total. The molecule has 0 bridgehead atoms. The molecular weight excluding hydrogens is 1830 g/mol. The number of fused-ring (bicyclic) bond motifs is 10. The summed E-state index contributed by atoms with van der Waals surface area (Å²) < 4.78 is 41.6. The lowest BCUT2D eigenvalue weighted by Crippen LogP contribution is -2.25. The summed E-state index contributed by atoms with van der Waals surface area (Å²) in [4.78, 5) is 150.